The first-order chi connectivity index (χ1) is 18.9. The van der Waals surface area contributed by atoms with E-state index in [0.717, 1.165) is 18.2 Å². The first kappa shape index (κ1) is 27.6. The molecule has 1 saturated carbocycles. The van der Waals surface area contributed by atoms with Gasteiger partial charge in [-0.15, -0.1) is 0 Å². The van der Waals surface area contributed by atoms with Gasteiger partial charge < -0.3 is 20.5 Å². The van der Waals surface area contributed by atoms with E-state index in [1.807, 2.05) is 0 Å². The van der Waals surface area contributed by atoms with Crippen LogP contribution in [0.1, 0.15) is 48.7 Å². The van der Waals surface area contributed by atoms with Crippen molar-refractivity contribution in [1.29, 1.82) is 0 Å². The highest BCUT2D eigenvalue weighted by atomic mass is 19.3. The molecule has 1 aliphatic heterocycles. The van der Waals surface area contributed by atoms with Gasteiger partial charge in [-0.3, -0.25) is 14.4 Å². The summed E-state index contributed by atoms with van der Waals surface area (Å²) in [5.74, 6) is -7.30. The fraction of sp³-hybridized carbons (Fsp3) is 0.393. The summed E-state index contributed by atoms with van der Waals surface area (Å²) in [5.41, 5.74) is 0.462. The van der Waals surface area contributed by atoms with Gasteiger partial charge in [0.1, 0.15) is 29.2 Å². The number of hydrogen-bond acceptors (Lipinski definition) is 3. The van der Waals surface area contributed by atoms with Crippen LogP contribution in [0.2, 0.25) is 0 Å². The van der Waals surface area contributed by atoms with E-state index < -0.39 is 71.9 Å². The van der Waals surface area contributed by atoms with Crippen LogP contribution in [-0.4, -0.2) is 52.2 Å². The van der Waals surface area contributed by atoms with Gasteiger partial charge >= 0.3 is 0 Å². The van der Waals surface area contributed by atoms with E-state index in [1.165, 1.54) is 23.1 Å². The minimum Gasteiger partial charge on any atom is -0.348 e. The maximum absolute atomic E-state index is 14.2. The monoisotopic (exact) mass is 562 g/mol. The average Bonchev–Trinajstić information content (AvgIpc) is 3.34. The van der Waals surface area contributed by atoms with Gasteiger partial charge in [-0.2, -0.15) is 0 Å². The van der Waals surface area contributed by atoms with Crippen LogP contribution in [0, 0.1) is 23.4 Å². The van der Waals surface area contributed by atoms with Gasteiger partial charge in [0.2, 0.25) is 17.7 Å². The smallest absolute Gasteiger partial charge is 0.268 e. The Hall–Kier alpha value is -3.96. The number of benzene rings is 2. The normalized spacial score (nSPS) is 20.0. The second-order valence-corrected chi connectivity index (χ2v) is 10.6. The summed E-state index contributed by atoms with van der Waals surface area (Å²) in [6.07, 6.45) is -0.888. The maximum atomic E-state index is 14.2. The van der Waals surface area contributed by atoms with Gasteiger partial charge in [-0.05, 0) is 67.6 Å². The Morgan fingerprint density at radius 2 is 1.82 bits per heavy atom. The number of amides is 3. The van der Waals surface area contributed by atoms with E-state index >= 15 is 0 Å². The van der Waals surface area contributed by atoms with Crippen LogP contribution in [0.5, 0.6) is 0 Å². The van der Waals surface area contributed by atoms with Crippen molar-refractivity contribution >= 4 is 34.3 Å². The van der Waals surface area contributed by atoms with E-state index in [0.29, 0.717) is 11.3 Å². The Balaban J connectivity index is 1.41. The van der Waals surface area contributed by atoms with Crippen molar-refractivity contribution < 1.29 is 36.3 Å². The molecule has 2 heterocycles. The number of carbonyl (C=O) groups excluding carboxylic acids is 3. The lowest BCUT2D eigenvalue weighted by atomic mass is 9.77. The van der Waals surface area contributed by atoms with E-state index in [-0.39, 0.29) is 42.4 Å². The van der Waals surface area contributed by atoms with Crippen molar-refractivity contribution in [2.75, 3.05) is 11.9 Å². The first-order valence-electron chi connectivity index (χ1n) is 12.9. The van der Waals surface area contributed by atoms with Crippen LogP contribution < -0.4 is 10.6 Å². The first-order valence-corrected chi connectivity index (χ1v) is 12.9. The number of anilines is 1. The Morgan fingerprint density at radius 1 is 1.10 bits per heavy atom. The molecule has 0 bridgehead atoms. The lowest BCUT2D eigenvalue weighted by Gasteiger charge is -2.38. The van der Waals surface area contributed by atoms with E-state index in [9.17, 15) is 36.3 Å². The standard InChI is InChI=1S/C28H27F5N4O3/c1-14-8-16-10-17(29)2-5-21(16)34-24(38)6-7-37(14)27(40)23(9-15-12-28(32,33)13-15)36-26(39)22-11-18-19(30)3-4-20(31)25(18)35-22/h2-5,10-11,14-15,23,35H,6-9,12-13H2,1H3,(H,34,38)(H,36,39)/t14-,23?/m1/s1. The highest BCUT2D eigenvalue weighted by Gasteiger charge is 2.47. The summed E-state index contributed by atoms with van der Waals surface area (Å²) >= 11 is 0. The van der Waals surface area contributed by atoms with Crippen LogP contribution >= 0.6 is 0 Å². The molecule has 12 heteroatoms. The molecule has 1 aliphatic carbocycles. The number of aromatic nitrogens is 1. The predicted octanol–water partition coefficient (Wildman–Crippen LogP) is 4.92. The van der Waals surface area contributed by atoms with Crippen LogP contribution in [0.15, 0.2) is 36.4 Å². The van der Waals surface area contributed by atoms with E-state index in [2.05, 4.69) is 15.6 Å². The topological polar surface area (TPSA) is 94.3 Å². The molecule has 1 aromatic heterocycles. The Bertz CT molecular complexity index is 1440. The van der Waals surface area contributed by atoms with Crippen LogP contribution in [-0.2, 0) is 16.0 Å². The molecule has 0 spiro atoms. The Morgan fingerprint density at radius 3 is 2.52 bits per heavy atom. The summed E-state index contributed by atoms with van der Waals surface area (Å²) in [5, 5.41) is 5.11. The number of aromatic amines is 1. The number of carbonyl (C=O) groups is 3. The second kappa shape index (κ2) is 10.5. The molecule has 2 aliphatic rings. The number of nitrogens with one attached hydrogen (secondary N) is 3. The molecule has 40 heavy (non-hydrogen) atoms. The van der Waals surface area contributed by atoms with Gasteiger partial charge in [-0.1, -0.05) is 0 Å². The van der Waals surface area contributed by atoms with Crippen molar-refractivity contribution in [3.63, 3.8) is 0 Å². The van der Waals surface area contributed by atoms with Crippen LogP contribution in [0.4, 0.5) is 27.6 Å². The number of H-pyrrole nitrogens is 1. The predicted molar refractivity (Wildman–Crippen MR) is 136 cm³/mol. The molecular weight excluding hydrogens is 535 g/mol. The summed E-state index contributed by atoms with van der Waals surface area (Å²) in [6.45, 7) is 1.68. The zero-order chi connectivity index (χ0) is 28.8. The molecule has 0 saturated heterocycles. The zero-order valence-electron chi connectivity index (χ0n) is 21.5. The fourth-order valence-corrected chi connectivity index (χ4v) is 5.48. The molecule has 7 nitrogen and oxygen atoms in total. The molecule has 5 rings (SSSR count). The SMILES string of the molecule is C[C@@H]1Cc2cc(F)ccc2NC(=O)CCN1C(=O)C(CC1CC(F)(F)C1)NC(=O)c1cc2c(F)ccc(F)c2[nH]1. The molecular formula is C28H27F5N4O3. The van der Waals surface area contributed by atoms with Crippen molar-refractivity contribution in [1.82, 2.24) is 15.2 Å². The fourth-order valence-electron chi connectivity index (χ4n) is 5.48. The molecule has 3 aromatic rings. The minimum atomic E-state index is -2.86. The van der Waals surface area contributed by atoms with Gasteiger partial charge in [0, 0.05) is 42.9 Å². The van der Waals surface area contributed by atoms with Gasteiger partial charge in [-0.25, -0.2) is 22.0 Å². The molecule has 3 N–H and O–H groups in total. The van der Waals surface area contributed by atoms with E-state index in [4.69, 9.17) is 0 Å². The minimum absolute atomic E-state index is 0.0295. The quantitative estimate of drug-likeness (QED) is 0.386. The van der Waals surface area contributed by atoms with Crippen molar-refractivity contribution in [2.24, 2.45) is 5.92 Å². The van der Waals surface area contributed by atoms with Crippen LogP contribution in [0.25, 0.3) is 10.9 Å². The number of halogens is 5. The molecule has 1 unspecified atom stereocenters. The molecule has 1 fully saturated rings. The summed E-state index contributed by atoms with van der Waals surface area (Å²) in [6, 6.07) is 5.07. The van der Waals surface area contributed by atoms with Crippen molar-refractivity contribution in [3.05, 3.63) is 65.1 Å². The number of nitrogens with zero attached hydrogens (tertiary/aromatic N) is 1. The highest BCUT2D eigenvalue weighted by molar-refractivity contribution is 6.00. The Kier molecular flexibility index (Phi) is 7.28. The molecule has 2 aromatic carbocycles. The third-order valence-corrected chi connectivity index (χ3v) is 7.53. The van der Waals surface area contributed by atoms with Gasteiger partial charge in [0.15, 0.2) is 0 Å². The molecule has 2 atom stereocenters. The molecule has 212 valence electrons. The second-order valence-electron chi connectivity index (χ2n) is 10.6. The summed E-state index contributed by atoms with van der Waals surface area (Å²) in [7, 11) is 0. The lowest BCUT2D eigenvalue weighted by Crippen LogP contribution is -2.54. The highest BCUT2D eigenvalue weighted by Crippen LogP contribution is 2.44. The zero-order valence-corrected chi connectivity index (χ0v) is 21.5. The summed E-state index contributed by atoms with van der Waals surface area (Å²) in [4.78, 5) is 43.4. The van der Waals surface area contributed by atoms with Crippen molar-refractivity contribution in [2.45, 2.75) is 57.0 Å². The number of hydrogen-bond donors (Lipinski definition) is 3. The number of alkyl halides is 2. The van der Waals surface area contributed by atoms with Crippen LogP contribution in [0.3, 0.4) is 0 Å². The maximum Gasteiger partial charge on any atom is 0.268 e. The van der Waals surface area contributed by atoms with Gasteiger partial charge in [0.25, 0.3) is 5.91 Å². The van der Waals surface area contributed by atoms with Gasteiger partial charge in [0.05, 0.1) is 5.52 Å². The largest absolute Gasteiger partial charge is 0.348 e. The number of rotatable bonds is 5. The number of fused-ring (bicyclic) bond motifs is 2. The third-order valence-electron chi connectivity index (χ3n) is 7.53. The molecule has 3 amide bonds. The average molecular weight is 563 g/mol. The van der Waals surface area contributed by atoms with Crippen molar-refractivity contribution in [3.8, 4) is 0 Å². The Labute approximate surface area is 226 Å². The molecule has 0 radical (unpaired) electrons. The lowest BCUT2D eigenvalue weighted by molar-refractivity contribution is -0.140. The third kappa shape index (κ3) is 5.66. The van der Waals surface area contributed by atoms with E-state index in [1.54, 1.807) is 6.92 Å². The summed E-state index contributed by atoms with van der Waals surface area (Å²) < 4.78 is 69.5.